The van der Waals surface area contributed by atoms with Crippen LogP contribution in [0.25, 0.3) is 0 Å². The van der Waals surface area contributed by atoms with Crippen molar-refractivity contribution in [3.8, 4) is 5.75 Å². The van der Waals surface area contributed by atoms with Crippen LogP contribution in [0.3, 0.4) is 0 Å². The lowest BCUT2D eigenvalue weighted by Gasteiger charge is -2.07. The maximum absolute atomic E-state index is 13.5. The highest BCUT2D eigenvalue weighted by Gasteiger charge is 2.10. The topological polar surface area (TPSA) is 81.5 Å². The predicted octanol–water partition coefficient (Wildman–Crippen LogP) is 4.00. The van der Waals surface area contributed by atoms with Gasteiger partial charge in [0.2, 0.25) is 0 Å². The van der Waals surface area contributed by atoms with E-state index in [1.54, 1.807) is 0 Å². The van der Waals surface area contributed by atoms with Crippen LogP contribution in [-0.2, 0) is 0 Å². The van der Waals surface area contributed by atoms with Crippen molar-refractivity contribution in [1.82, 2.24) is 0 Å². The highest BCUT2D eigenvalue weighted by atomic mass is 35.5. The Labute approximate surface area is 123 Å². The summed E-state index contributed by atoms with van der Waals surface area (Å²) in [5.74, 6) is -0.615. The Balaban J connectivity index is 2.02. The maximum Gasteiger partial charge on any atom is 0.417 e. The van der Waals surface area contributed by atoms with Crippen LogP contribution < -0.4 is 10.1 Å². The second-order valence-electron chi connectivity index (χ2n) is 3.89. The Hall–Kier alpha value is -2.67. The van der Waals surface area contributed by atoms with Gasteiger partial charge in [0.1, 0.15) is 11.6 Å². The smallest absolute Gasteiger partial charge is 0.410 e. The molecule has 1 N–H and O–H groups in total. The molecule has 108 valence electrons. The van der Waals surface area contributed by atoms with Crippen molar-refractivity contribution < 1.29 is 18.8 Å². The molecule has 6 nitrogen and oxygen atoms in total. The molecule has 21 heavy (non-hydrogen) atoms. The standard InChI is InChI=1S/C13H8ClFN2O4/c14-8-1-6-12(11(15)7-8)16-13(18)21-10-4-2-9(3-5-10)17(19)20/h1-7H,(H,16,18). The SMILES string of the molecule is O=C(Nc1ccc(Cl)cc1F)Oc1ccc([N+](=O)[O-])cc1. The first-order valence-corrected chi connectivity index (χ1v) is 6.02. The van der Waals surface area contributed by atoms with Crippen molar-refractivity contribution in [2.75, 3.05) is 5.32 Å². The zero-order valence-electron chi connectivity index (χ0n) is 10.4. The quantitative estimate of drug-likeness (QED) is 0.686. The third-order valence-corrected chi connectivity index (χ3v) is 2.66. The lowest BCUT2D eigenvalue weighted by Crippen LogP contribution is -2.17. The average Bonchev–Trinajstić information content (AvgIpc) is 2.42. The summed E-state index contributed by atoms with van der Waals surface area (Å²) in [5, 5.41) is 12.9. The second-order valence-corrected chi connectivity index (χ2v) is 4.33. The van der Waals surface area contributed by atoms with Gasteiger partial charge in [-0.2, -0.15) is 0 Å². The van der Waals surface area contributed by atoms with E-state index in [4.69, 9.17) is 16.3 Å². The molecular formula is C13H8ClFN2O4. The Bertz CT molecular complexity index is 691. The van der Waals surface area contributed by atoms with E-state index < -0.39 is 16.8 Å². The van der Waals surface area contributed by atoms with E-state index in [0.717, 1.165) is 6.07 Å². The summed E-state index contributed by atoms with van der Waals surface area (Å²) >= 11 is 5.58. The van der Waals surface area contributed by atoms with E-state index in [-0.39, 0.29) is 22.1 Å². The van der Waals surface area contributed by atoms with Crippen LogP contribution in [0.5, 0.6) is 5.75 Å². The Morgan fingerprint density at radius 1 is 1.24 bits per heavy atom. The number of nitrogens with zero attached hydrogens (tertiary/aromatic N) is 1. The maximum atomic E-state index is 13.5. The van der Waals surface area contributed by atoms with Gasteiger partial charge in [-0.3, -0.25) is 15.4 Å². The van der Waals surface area contributed by atoms with Crippen molar-refractivity contribution in [2.45, 2.75) is 0 Å². The number of nitrogens with one attached hydrogen (secondary N) is 1. The molecule has 0 saturated carbocycles. The van der Waals surface area contributed by atoms with Crippen LogP contribution in [0.4, 0.5) is 20.6 Å². The van der Waals surface area contributed by atoms with Crippen molar-refractivity contribution in [1.29, 1.82) is 0 Å². The highest BCUT2D eigenvalue weighted by Crippen LogP contribution is 2.20. The molecule has 0 aromatic heterocycles. The van der Waals surface area contributed by atoms with Crippen LogP contribution in [0, 0.1) is 15.9 Å². The van der Waals surface area contributed by atoms with Gasteiger partial charge in [-0.05, 0) is 30.3 Å². The first-order chi connectivity index (χ1) is 9.95. The number of non-ortho nitro benzene ring substituents is 1. The third-order valence-electron chi connectivity index (χ3n) is 2.43. The molecule has 1 amide bonds. The van der Waals surface area contributed by atoms with Gasteiger partial charge in [-0.25, -0.2) is 9.18 Å². The molecule has 0 aliphatic rings. The van der Waals surface area contributed by atoms with Crippen LogP contribution in [0.2, 0.25) is 5.02 Å². The normalized spacial score (nSPS) is 10.0. The van der Waals surface area contributed by atoms with E-state index in [9.17, 15) is 19.3 Å². The zero-order chi connectivity index (χ0) is 15.4. The minimum Gasteiger partial charge on any atom is -0.410 e. The number of anilines is 1. The molecule has 0 aliphatic carbocycles. The third kappa shape index (κ3) is 3.90. The molecular weight excluding hydrogens is 303 g/mol. The number of carbonyl (C=O) groups excluding carboxylic acids is 1. The van der Waals surface area contributed by atoms with E-state index in [1.807, 2.05) is 0 Å². The second kappa shape index (κ2) is 6.19. The van der Waals surface area contributed by atoms with Crippen molar-refractivity contribution >= 4 is 29.1 Å². The molecule has 2 aromatic carbocycles. The largest absolute Gasteiger partial charge is 0.417 e. The summed E-state index contributed by atoms with van der Waals surface area (Å²) in [6.45, 7) is 0. The molecule has 0 fully saturated rings. The molecule has 2 aromatic rings. The summed E-state index contributed by atoms with van der Waals surface area (Å²) < 4.78 is 18.3. The number of carbonyl (C=O) groups is 1. The zero-order valence-corrected chi connectivity index (χ0v) is 11.1. The van der Waals surface area contributed by atoms with E-state index >= 15 is 0 Å². The molecule has 0 bridgehead atoms. The molecule has 8 heteroatoms. The number of nitro groups is 1. The number of benzene rings is 2. The predicted molar refractivity (Wildman–Crippen MR) is 74.2 cm³/mol. The fraction of sp³-hybridized carbons (Fsp3) is 0. The molecule has 0 saturated heterocycles. The minimum absolute atomic E-state index is 0.0903. The number of halogens is 2. The van der Waals surface area contributed by atoms with Crippen LogP contribution in [-0.4, -0.2) is 11.0 Å². The van der Waals surface area contributed by atoms with Crippen LogP contribution in [0.1, 0.15) is 0 Å². The summed E-state index contributed by atoms with van der Waals surface area (Å²) in [6.07, 6.45) is -0.926. The number of hydrogen-bond acceptors (Lipinski definition) is 4. The van der Waals surface area contributed by atoms with Crippen molar-refractivity contribution in [3.63, 3.8) is 0 Å². The summed E-state index contributed by atoms with van der Waals surface area (Å²) in [5.41, 5.74) is -0.224. The summed E-state index contributed by atoms with van der Waals surface area (Å²) in [4.78, 5) is 21.5. The Morgan fingerprint density at radius 3 is 2.48 bits per heavy atom. The van der Waals surface area contributed by atoms with Gasteiger partial charge in [0.15, 0.2) is 0 Å². The van der Waals surface area contributed by atoms with Gasteiger partial charge < -0.3 is 4.74 Å². The molecule has 0 unspecified atom stereocenters. The van der Waals surface area contributed by atoms with E-state index in [2.05, 4.69) is 5.32 Å². The van der Waals surface area contributed by atoms with E-state index in [0.29, 0.717) is 0 Å². The number of ether oxygens (including phenoxy) is 1. The van der Waals surface area contributed by atoms with Crippen molar-refractivity contribution in [3.05, 3.63) is 63.4 Å². The molecule has 0 spiro atoms. The molecule has 0 atom stereocenters. The van der Waals surface area contributed by atoms with Crippen molar-refractivity contribution in [2.24, 2.45) is 0 Å². The van der Waals surface area contributed by atoms with E-state index in [1.165, 1.54) is 36.4 Å². The fourth-order valence-electron chi connectivity index (χ4n) is 1.47. The highest BCUT2D eigenvalue weighted by molar-refractivity contribution is 6.30. The van der Waals surface area contributed by atoms with Gasteiger partial charge >= 0.3 is 6.09 Å². The fourth-order valence-corrected chi connectivity index (χ4v) is 1.63. The number of rotatable bonds is 3. The molecule has 0 aliphatic heterocycles. The van der Waals surface area contributed by atoms with Crippen LogP contribution in [0.15, 0.2) is 42.5 Å². The van der Waals surface area contributed by atoms with Gasteiger partial charge in [0.05, 0.1) is 10.6 Å². The number of hydrogen-bond donors (Lipinski definition) is 1. The lowest BCUT2D eigenvalue weighted by molar-refractivity contribution is -0.384. The lowest BCUT2D eigenvalue weighted by atomic mass is 10.3. The van der Waals surface area contributed by atoms with Gasteiger partial charge in [-0.15, -0.1) is 0 Å². The summed E-state index contributed by atoms with van der Waals surface area (Å²) in [7, 11) is 0. The van der Waals surface area contributed by atoms with Crippen LogP contribution >= 0.6 is 11.6 Å². The Kier molecular flexibility index (Phi) is 4.34. The average molecular weight is 311 g/mol. The number of nitro benzene ring substituents is 1. The first-order valence-electron chi connectivity index (χ1n) is 5.64. The molecule has 0 heterocycles. The van der Waals surface area contributed by atoms with Gasteiger partial charge in [0.25, 0.3) is 5.69 Å². The molecule has 2 rings (SSSR count). The minimum atomic E-state index is -0.926. The molecule has 0 radical (unpaired) electrons. The Morgan fingerprint density at radius 2 is 1.90 bits per heavy atom. The monoisotopic (exact) mass is 310 g/mol. The first kappa shape index (κ1) is 14.7. The van der Waals surface area contributed by atoms with Gasteiger partial charge in [0, 0.05) is 17.2 Å². The van der Waals surface area contributed by atoms with Gasteiger partial charge in [-0.1, -0.05) is 11.6 Å². The number of amides is 1. The summed E-state index contributed by atoms with van der Waals surface area (Å²) in [6, 6.07) is 8.63.